The van der Waals surface area contributed by atoms with E-state index in [1.165, 1.54) is 0 Å². The third-order valence-corrected chi connectivity index (χ3v) is 8.65. The number of fused-ring (bicyclic) bond motifs is 3. The molecule has 1 aliphatic heterocycles. The Morgan fingerprint density at radius 2 is 0.870 bits per heavy atom. The number of benzene rings is 4. The minimum atomic E-state index is -0.413. The van der Waals surface area contributed by atoms with Crippen LogP contribution in [0.15, 0.2) is 84.9 Å². The van der Waals surface area contributed by atoms with Crippen molar-refractivity contribution in [1.29, 1.82) is 0 Å². The van der Waals surface area contributed by atoms with E-state index in [0.29, 0.717) is 61.9 Å². The largest absolute Gasteiger partial charge is 0.490 e. The van der Waals surface area contributed by atoms with Crippen molar-refractivity contribution in [3.05, 3.63) is 118 Å². The predicted octanol–water partition coefficient (Wildman–Crippen LogP) is 6.14. The molecule has 0 bridgehead atoms. The first-order chi connectivity index (χ1) is 26.4. The Bertz CT molecular complexity index is 1790. The summed E-state index contributed by atoms with van der Waals surface area (Å²) < 4.78 is 35.6. The second kappa shape index (κ2) is 20.6. The molecule has 5 rings (SSSR count). The summed E-state index contributed by atoms with van der Waals surface area (Å²) in [7, 11) is 0. The van der Waals surface area contributed by atoms with Crippen LogP contribution < -0.4 is 20.1 Å². The average Bonchev–Trinajstić information content (AvgIpc) is 3.20. The fourth-order valence-corrected chi connectivity index (χ4v) is 5.84. The Kier molecular flexibility index (Phi) is 15.1. The van der Waals surface area contributed by atoms with E-state index < -0.39 is 11.8 Å². The number of carbonyl (C=O) groups is 2. The van der Waals surface area contributed by atoms with Gasteiger partial charge in [-0.15, -0.1) is 12.8 Å². The number of ether oxygens (including phenoxy) is 6. The van der Waals surface area contributed by atoms with Gasteiger partial charge in [-0.2, -0.15) is 0 Å². The summed E-state index contributed by atoms with van der Waals surface area (Å²) in [5, 5.41) is 6.16. The van der Waals surface area contributed by atoms with Crippen molar-refractivity contribution >= 4 is 11.8 Å². The van der Waals surface area contributed by atoms with Gasteiger partial charge in [-0.3, -0.25) is 9.59 Å². The van der Waals surface area contributed by atoms with Crippen LogP contribution in [0.4, 0.5) is 0 Å². The Morgan fingerprint density at radius 3 is 1.20 bits per heavy atom. The molecular weight excluding hydrogens is 684 g/mol. The van der Waals surface area contributed by atoms with Gasteiger partial charge in [-0.1, -0.05) is 72.5 Å². The standard InChI is InChI=1S/C44H46N2O8/c1-5-33-27-37-38-28-34(6-2)30-40(44(48)46-32(4)36-15-11-8-12-16-36)42(38)54-26-24-52-22-20-50-18-17-49-19-21-51-23-25-53-41(37)39(29-33)43(47)45-31(3)35-13-9-7-10-14-35/h1-2,7-16,27-32H,17-26H2,3-4H3,(H,45,47)(H,46,48)/t31-,32-/m1/s1. The molecule has 1 heterocycles. The molecule has 2 amide bonds. The molecule has 0 spiro atoms. The molecule has 280 valence electrons. The maximum Gasteiger partial charge on any atom is 0.255 e. The van der Waals surface area contributed by atoms with Gasteiger partial charge >= 0.3 is 0 Å². The fraction of sp³-hybridized carbons (Fsp3) is 0.318. The van der Waals surface area contributed by atoms with Crippen molar-refractivity contribution in [2.24, 2.45) is 0 Å². The molecule has 0 fully saturated rings. The normalized spacial score (nSPS) is 15.6. The van der Waals surface area contributed by atoms with Crippen molar-refractivity contribution in [2.75, 3.05) is 66.1 Å². The van der Waals surface area contributed by atoms with Crippen LogP contribution in [0.3, 0.4) is 0 Å². The number of terminal acetylenes is 2. The number of amides is 2. The molecule has 1 aliphatic rings. The third-order valence-electron chi connectivity index (χ3n) is 8.65. The summed E-state index contributed by atoms with van der Waals surface area (Å²) >= 11 is 0. The van der Waals surface area contributed by atoms with Gasteiger partial charge in [0.2, 0.25) is 0 Å². The van der Waals surface area contributed by atoms with Crippen molar-refractivity contribution in [1.82, 2.24) is 10.6 Å². The molecule has 0 aliphatic carbocycles. The quantitative estimate of drug-likeness (QED) is 0.228. The minimum absolute atomic E-state index is 0.0842. The van der Waals surface area contributed by atoms with Crippen molar-refractivity contribution in [3.63, 3.8) is 0 Å². The summed E-state index contributed by atoms with van der Waals surface area (Å²) in [5.41, 5.74) is 3.85. The summed E-state index contributed by atoms with van der Waals surface area (Å²) in [6.07, 6.45) is 12.0. The maximum absolute atomic E-state index is 14.2. The van der Waals surface area contributed by atoms with Crippen LogP contribution in [0.25, 0.3) is 11.1 Å². The zero-order chi connectivity index (χ0) is 38.1. The first-order valence-electron chi connectivity index (χ1n) is 18.0. The van der Waals surface area contributed by atoms with E-state index in [1.807, 2.05) is 74.5 Å². The molecule has 0 unspecified atom stereocenters. The van der Waals surface area contributed by atoms with Gasteiger partial charge in [0.1, 0.15) is 24.7 Å². The van der Waals surface area contributed by atoms with Gasteiger partial charge in [-0.05, 0) is 49.2 Å². The second-order valence-electron chi connectivity index (χ2n) is 12.4. The highest BCUT2D eigenvalue weighted by atomic mass is 16.6. The van der Waals surface area contributed by atoms with Crippen LogP contribution in [0, 0.1) is 24.7 Å². The van der Waals surface area contributed by atoms with Crippen LogP contribution in [0.2, 0.25) is 0 Å². The molecule has 54 heavy (non-hydrogen) atoms. The highest BCUT2D eigenvalue weighted by Gasteiger charge is 2.27. The van der Waals surface area contributed by atoms with Crippen molar-refractivity contribution < 1.29 is 38.0 Å². The van der Waals surface area contributed by atoms with Crippen molar-refractivity contribution in [3.8, 4) is 47.3 Å². The van der Waals surface area contributed by atoms with Crippen LogP contribution in [0.5, 0.6) is 11.5 Å². The Hall–Kier alpha value is -5.62. The predicted molar refractivity (Wildman–Crippen MR) is 207 cm³/mol. The highest BCUT2D eigenvalue weighted by molar-refractivity contribution is 6.03. The zero-order valence-corrected chi connectivity index (χ0v) is 30.7. The van der Waals surface area contributed by atoms with Gasteiger partial charge in [0.25, 0.3) is 11.8 Å². The molecule has 0 aromatic heterocycles. The van der Waals surface area contributed by atoms with Crippen LogP contribution in [-0.2, 0) is 18.9 Å². The van der Waals surface area contributed by atoms with Gasteiger partial charge in [0, 0.05) is 22.3 Å². The van der Waals surface area contributed by atoms with E-state index in [0.717, 1.165) is 11.1 Å². The number of hydrogen-bond donors (Lipinski definition) is 2. The maximum atomic E-state index is 14.2. The summed E-state index contributed by atoms with van der Waals surface area (Å²) in [6, 6.07) is 25.2. The van der Waals surface area contributed by atoms with Gasteiger partial charge in [0.05, 0.1) is 76.1 Å². The molecule has 0 saturated carbocycles. The Morgan fingerprint density at radius 1 is 0.537 bits per heavy atom. The SMILES string of the molecule is C#Cc1cc(C(=O)N[C@H](C)c2ccccc2)c2c(c1)-c1cc(C#C)cc(C(=O)N[C@H](C)c3ccccc3)c1OCCOCCOCCOCCOCCO2. The van der Waals surface area contributed by atoms with Gasteiger partial charge < -0.3 is 39.1 Å². The molecule has 0 radical (unpaired) electrons. The molecule has 2 N–H and O–H groups in total. The van der Waals surface area contributed by atoms with Crippen LogP contribution in [-0.4, -0.2) is 77.9 Å². The average molecular weight is 731 g/mol. The molecule has 10 nitrogen and oxygen atoms in total. The number of rotatable bonds is 6. The van der Waals surface area contributed by atoms with Gasteiger partial charge in [-0.25, -0.2) is 0 Å². The molecular formula is C44H46N2O8. The topological polar surface area (TPSA) is 114 Å². The summed E-state index contributed by atoms with van der Waals surface area (Å²) in [4.78, 5) is 28.3. The van der Waals surface area contributed by atoms with E-state index in [2.05, 4.69) is 22.5 Å². The van der Waals surface area contributed by atoms with E-state index in [-0.39, 0.29) is 61.1 Å². The summed E-state index contributed by atoms with van der Waals surface area (Å²) in [5.74, 6) is 4.97. The van der Waals surface area contributed by atoms with E-state index in [4.69, 9.17) is 41.3 Å². The first-order valence-corrected chi connectivity index (χ1v) is 18.0. The fourth-order valence-electron chi connectivity index (χ4n) is 5.84. The second-order valence-corrected chi connectivity index (χ2v) is 12.4. The Balaban J connectivity index is 1.63. The third kappa shape index (κ3) is 11.0. The lowest BCUT2D eigenvalue weighted by Gasteiger charge is -2.23. The first kappa shape index (κ1) is 39.6. The molecule has 2 atom stereocenters. The lowest BCUT2D eigenvalue weighted by molar-refractivity contribution is -0.00708. The minimum Gasteiger partial charge on any atom is -0.490 e. The highest BCUT2D eigenvalue weighted by Crippen LogP contribution is 2.42. The van der Waals surface area contributed by atoms with E-state index in [9.17, 15) is 9.59 Å². The number of hydrogen-bond acceptors (Lipinski definition) is 8. The van der Waals surface area contributed by atoms with Crippen LogP contribution >= 0.6 is 0 Å². The molecule has 4 aromatic carbocycles. The van der Waals surface area contributed by atoms with Crippen LogP contribution in [0.1, 0.15) is 68.9 Å². The molecule has 10 heteroatoms. The lowest BCUT2D eigenvalue weighted by atomic mass is 9.93. The number of nitrogens with one attached hydrogen (secondary N) is 2. The van der Waals surface area contributed by atoms with Crippen molar-refractivity contribution in [2.45, 2.75) is 25.9 Å². The zero-order valence-electron chi connectivity index (χ0n) is 30.7. The van der Waals surface area contributed by atoms with Gasteiger partial charge in [0.15, 0.2) is 0 Å². The monoisotopic (exact) mass is 730 g/mol. The Labute approximate surface area is 317 Å². The smallest absolute Gasteiger partial charge is 0.255 e. The molecule has 4 aromatic rings. The lowest BCUT2D eigenvalue weighted by Crippen LogP contribution is -2.28. The molecule has 0 saturated heterocycles. The van der Waals surface area contributed by atoms with E-state index in [1.54, 1.807) is 24.3 Å². The number of carbonyl (C=O) groups excluding carboxylic acids is 2. The summed E-state index contributed by atoms with van der Waals surface area (Å²) in [6.45, 7) is 6.61. The van der Waals surface area contributed by atoms with E-state index >= 15 is 0 Å².